The van der Waals surface area contributed by atoms with Crippen molar-refractivity contribution >= 4 is 11.8 Å². The Morgan fingerprint density at radius 3 is 2.68 bits per heavy atom. The van der Waals surface area contributed by atoms with E-state index in [1.54, 1.807) is 7.05 Å². The van der Waals surface area contributed by atoms with Crippen molar-refractivity contribution in [2.75, 3.05) is 27.2 Å². The minimum atomic E-state index is -0.111. The zero-order valence-electron chi connectivity index (χ0n) is 18.2. The van der Waals surface area contributed by atoms with Crippen molar-refractivity contribution < 1.29 is 9.59 Å². The summed E-state index contributed by atoms with van der Waals surface area (Å²) in [5.41, 5.74) is 2.19. The average molecular weight is 390 g/mol. The topological polar surface area (TPSA) is 70.5 Å². The lowest BCUT2D eigenvalue weighted by atomic mass is 9.98. The van der Waals surface area contributed by atoms with Crippen LogP contribution in [0.15, 0.2) is 6.20 Å². The van der Waals surface area contributed by atoms with Gasteiger partial charge in [-0.1, -0.05) is 13.8 Å². The third-order valence-electron chi connectivity index (χ3n) is 6.48. The predicted octanol–water partition coefficient (Wildman–Crippen LogP) is 1.65. The molecule has 2 heterocycles. The first-order chi connectivity index (χ1) is 13.2. The lowest BCUT2D eigenvalue weighted by Crippen LogP contribution is -2.43. The van der Waals surface area contributed by atoms with Crippen LogP contribution in [-0.4, -0.2) is 64.6 Å². The molecule has 2 amide bonds. The van der Waals surface area contributed by atoms with Gasteiger partial charge in [0.05, 0.1) is 12.2 Å². The highest BCUT2D eigenvalue weighted by Crippen LogP contribution is 2.60. The van der Waals surface area contributed by atoms with Crippen molar-refractivity contribution in [3.8, 4) is 0 Å². The number of nitrogens with zero attached hydrogens (tertiary/aromatic N) is 4. The molecule has 7 heteroatoms. The molecule has 1 N–H and O–H groups in total. The molecule has 1 aromatic heterocycles. The van der Waals surface area contributed by atoms with Crippen LogP contribution < -0.4 is 5.32 Å². The maximum atomic E-state index is 13.1. The number of aryl methyl sites for hydroxylation is 1. The van der Waals surface area contributed by atoms with Crippen molar-refractivity contribution in [1.82, 2.24) is 24.9 Å². The van der Waals surface area contributed by atoms with E-state index < -0.39 is 0 Å². The lowest BCUT2D eigenvalue weighted by Gasteiger charge is -2.24. The van der Waals surface area contributed by atoms with Crippen LogP contribution in [0, 0.1) is 24.2 Å². The summed E-state index contributed by atoms with van der Waals surface area (Å²) in [5, 5.41) is 7.19. The number of amides is 2. The lowest BCUT2D eigenvalue weighted by molar-refractivity contribution is -0.132. The molecule has 1 aliphatic heterocycles. The first-order valence-electron chi connectivity index (χ1n) is 10.4. The first kappa shape index (κ1) is 20.8. The second-order valence-corrected chi connectivity index (χ2v) is 9.04. The second kappa shape index (κ2) is 7.85. The van der Waals surface area contributed by atoms with Crippen molar-refractivity contribution in [3.05, 3.63) is 17.5 Å². The Morgan fingerprint density at radius 2 is 2.11 bits per heavy atom. The van der Waals surface area contributed by atoms with Gasteiger partial charge < -0.3 is 10.2 Å². The Labute approximate surface area is 168 Å². The van der Waals surface area contributed by atoms with E-state index in [9.17, 15) is 9.59 Å². The van der Waals surface area contributed by atoms with E-state index >= 15 is 0 Å². The second-order valence-electron chi connectivity index (χ2n) is 9.04. The summed E-state index contributed by atoms with van der Waals surface area (Å²) in [7, 11) is 3.58. The molecular formula is C21H35N5O2. The van der Waals surface area contributed by atoms with Gasteiger partial charge in [-0.25, -0.2) is 0 Å². The average Bonchev–Trinajstić information content (AvgIpc) is 3.06. The highest BCUT2D eigenvalue weighted by Gasteiger charge is 2.64. The van der Waals surface area contributed by atoms with Crippen LogP contribution in [0.25, 0.3) is 0 Å². The quantitative estimate of drug-likeness (QED) is 0.770. The van der Waals surface area contributed by atoms with Crippen LogP contribution in [0.2, 0.25) is 0 Å². The minimum absolute atomic E-state index is 0.0277. The zero-order valence-corrected chi connectivity index (χ0v) is 18.2. The van der Waals surface area contributed by atoms with Gasteiger partial charge in [-0.2, -0.15) is 5.10 Å². The molecular weight excluding hydrogens is 354 g/mol. The number of carbonyl (C=O) groups excluding carboxylic acids is 2. The third-order valence-corrected chi connectivity index (χ3v) is 6.48. The molecule has 0 radical (unpaired) electrons. The fraction of sp³-hybridized carbons (Fsp3) is 0.762. The number of rotatable bonds is 7. The first-order valence-corrected chi connectivity index (χ1v) is 10.4. The van der Waals surface area contributed by atoms with Crippen molar-refractivity contribution in [1.29, 1.82) is 0 Å². The van der Waals surface area contributed by atoms with Gasteiger partial charge in [0.1, 0.15) is 0 Å². The van der Waals surface area contributed by atoms with Crippen molar-refractivity contribution in [2.45, 2.75) is 59.7 Å². The van der Waals surface area contributed by atoms with E-state index in [0.717, 1.165) is 43.7 Å². The van der Waals surface area contributed by atoms with Gasteiger partial charge in [0, 0.05) is 57.4 Å². The molecule has 0 bridgehead atoms. The smallest absolute Gasteiger partial charge is 0.237 e. The van der Waals surface area contributed by atoms with Gasteiger partial charge in [-0.15, -0.1) is 0 Å². The number of hydrogen-bond acceptors (Lipinski definition) is 4. The molecule has 156 valence electrons. The highest BCUT2D eigenvalue weighted by atomic mass is 16.2. The van der Waals surface area contributed by atoms with Crippen LogP contribution >= 0.6 is 0 Å². The Kier molecular flexibility index (Phi) is 5.84. The third kappa shape index (κ3) is 3.81. The molecule has 0 aromatic carbocycles. The van der Waals surface area contributed by atoms with Crippen LogP contribution in [0.3, 0.4) is 0 Å². The van der Waals surface area contributed by atoms with E-state index in [1.165, 1.54) is 0 Å². The summed E-state index contributed by atoms with van der Waals surface area (Å²) >= 11 is 0. The molecule has 1 saturated carbocycles. The number of nitrogens with one attached hydrogen (secondary N) is 1. The molecule has 3 atom stereocenters. The van der Waals surface area contributed by atoms with E-state index in [4.69, 9.17) is 0 Å². The zero-order chi connectivity index (χ0) is 20.6. The van der Waals surface area contributed by atoms with Crippen LogP contribution in [-0.2, 0) is 22.7 Å². The Hall–Kier alpha value is -1.89. The molecule has 1 spiro atoms. The van der Waals surface area contributed by atoms with E-state index in [0.29, 0.717) is 12.5 Å². The van der Waals surface area contributed by atoms with Gasteiger partial charge in [0.25, 0.3) is 0 Å². The molecule has 28 heavy (non-hydrogen) atoms. The molecule has 0 unspecified atom stereocenters. The normalized spacial score (nSPS) is 26.8. The predicted molar refractivity (Wildman–Crippen MR) is 109 cm³/mol. The molecule has 1 saturated heterocycles. The Morgan fingerprint density at radius 1 is 1.39 bits per heavy atom. The molecule has 3 rings (SSSR count). The Bertz CT molecular complexity index is 743. The molecule has 2 aliphatic rings. The van der Waals surface area contributed by atoms with Crippen LogP contribution in [0.4, 0.5) is 0 Å². The standard InChI is InChI=1S/C21H35N5O2/c1-7-26-15(4)16(10-23-26)12-24(6)20(28)17-8-21(17)9-18(19(27)22-5)25(13-21)11-14(2)3/h10,14,17-18H,7-9,11-13H2,1-6H3,(H,22,27)/t17-,18+,21+/m1/s1. The van der Waals surface area contributed by atoms with Crippen LogP contribution in [0.1, 0.15) is 44.9 Å². The maximum absolute atomic E-state index is 13.1. The Balaban J connectivity index is 1.66. The molecule has 1 aromatic rings. The van der Waals surface area contributed by atoms with Gasteiger partial charge in [-0.05, 0) is 38.0 Å². The summed E-state index contributed by atoms with van der Waals surface area (Å²) < 4.78 is 1.96. The SMILES string of the molecule is CCn1ncc(CN(C)C(=O)[C@H]2C[C@@]23C[C@@H](C(=O)NC)N(CC(C)C)C3)c1C. The molecule has 2 fully saturated rings. The monoisotopic (exact) mass is 389 g/mol. The fourth-order valence-corrected chi connectivity index (χ4v) is 4.84. The van der Waals surface area contributed by atoms with Gasteiger partial charge >= 0.3 is 0 Å². The summed E-state index contributed by atoms with van der Waals surface area (Å²) in [4.78, 5) is 29.6. The fourth-order valence-electron chi connectivity index (χ4n) is 4.84. The number of aromatic nitrogens is 2. The van der Waals surface area contributed by atoms with Gasteiger partial charge in [0.2, 0.25) is 11.8 Å². The van der Waals surface area contributed by atoms with E-state index in [-0.39, 0.29) is 29.2 Å². The highest BCUT2D eigenvalue weighted by molar-refractivity contribution is 5.85. The van der Waals surface area contributed by atoms with Crippen molar-refractivity contribution in [2.24, 2.45) is 17.3 Å². The number of likely N-dealkylation sites (tertiary alicyclic amines) is 1. The van der Waals surface area contributed by atoms with Gasteiger partial charge in [0.15, 0.2) is 0 Å². The summed E-state index contributed by atoms with van der Waals surface area (Å²) in [6.45, 7) is 11.6. The summed E-state index contributed by atoms with van der Waals surface area (Å²) in [5.74, 6) is 0.802. The van der Waals surface area contributed by atoms with Crippen molar-refractivity contribution in [3.63, 3.8) is 0 Å². The van der Waals surface area contributed by atoms with E-state index in [2.05, 4.69) is 43.0 Å². The van der Waals surface area contributed by atoms with E-state index in [1.807, 2.05) is 22.8 Å². The number of likely N-dealkylation sites (N-methyl/N-ethyl adjacent to an activating group) is 1. The summed E-state index contributed by atoms with van der Waals surface area (Å²) in [6, 6.07) is -0.111. The molecule has 7 nitrogen and oxygen atoms in total. The minimum Gasteiger partial charge on any atom is -0.358 e. The van der Waals surface area contributed by atoms with Crippen LogP contribution in [0.5, 0.6) is 0 Å². The number of hydrogen-bond donors (Lipinski definition) is 1. The van der Waals surface area contributed by atoms with Gasteiger partial charge in [-0.3, -0.25) is 19.2 Å². The summed E-state index contributed by atoms with van der Waals surface area (Å²) in [6.07, 6.45) is 3.55. The number of carbonyl (C=O) groups is 2. The largest absolute Gasteiger partial charge is 0.358 e. The molecule has 1 aliphatic carbocycles. The maximum Gasteiger partial charge on any atom is 0.237 e.